The summed E-state index contributed by atoms with van der Waals surface area (Å²) in [7, 11) is 0. The number of amides is 3. The summed E-state index contributed by atoms with van der Waals surface area (Å²) in [4.78, 5) is 39.9. The molecule has 2 aliphatic heterocycles. The van der Waals surface area contributed by atoms with E-state index in [0.29, 0.717) is 43.8 Å². The second-order valence-electron chi connectivity index (χ2n) is 7.36. The minimum absolute atomic E-state index is 0.0398. The molecule has 0 radical (unpaired) electrons. The third kappa shape index (κ3) is 4.17. The summed E-state index contributed by atoms with van der Waals surface area (Å²) in [5.74, 6) is 0.788. The van der Waals surface area contributed by atoms with Gasteiger partial charge in [-0.15, -0.1) is 11.8 Å². The van der Waals surface area contributed by atoms with Gasteiger partial charge in [0, 0.05) is 24.6 Å². The lowest BCUT2D eigenvalue weighted by Crippen LogP contribution is -2.41. The van der Waals surface area contributed by atoms with Crippen molar-refractivity contribution in [3.05, 3.63) is 59.5 Å². The molecule has 0 saturated carbocycles. The molecular weight excluding hydrogens is 390 g/mol. The van der Waals surface area contributed by atoms with Crippen molar-refractivity contribution in [3.8, 4) is 0 Å². The van der Waals surface area contributed by atoms with Gasteiger partial charge in [0.05, 0.1) is 18.6 Å². The molecule has 1 atom stereocenters. The fourth-order valence-electron chi connectivity index (χ4n) is 3.81. The van der Waals surface area contributed by atoms with Crippen molar-refractivity contribution in [1.82, 2.24) is 9.80 Å². The molecule has 1 aromatic carbocycles. The number of furan rings is 1. The first-order valence-electron chi connectivity index (χ1n) is 9.65. The van der Waals surface area contributed by atoms with Gasteiger partial charge in [-0.1, -0.05) is 12.1 Å². The van der Waals surface area contributed by atoms with Crippen LogP contribution < -0.4 is 5.73 Å². The lowest BCUT2D eigenvalue weighted by molar-refractivity contribution is -0.129. The largest absolute Gasteiger partial charge is 0.467 e. The third-order valence-corrected chi connectivity index (χ3v) is 6.76. The molecule has 0 aliphatic carbocycles. The van der Waals surface area contributed by atoms with Crippen LogP contribution in [0.5, 0.6) is 0 Å². The van der Waals surface area contributed by atoms with Crippen molar-refractivity contribution in [2.75, 3.05) is 18.8 Å². The molecular formula is C21H23N3O4S. The maximum atomic E-state index is 12.8. The van der Waals surface area contributed by atoms with Crippen molar-refractivity contribution in [2.45, 2.75) is 24.8 Å². The van der Waals surface area contributed by atoms with Crippen LogP contribution in [0.25, 0.3) is 0 Å². The number of hydrogen-bond acceptors (Lipinski definition) is 5. The van der Waals surface area contributed by atoms with E-state index in [-0.39, 0.29) is 29.0 Å². The monoisotopic (exact) mass is 413 g/mol. The molecule has 2 N–H and O–H groups in total. The van der Waals surface area contributed by atoms with Crippen LogP contribution in [0.15, 0.2) is 47.1 Å². The fourth-order valence-corrected chi connectivity index (χ4v) is 5.00. The summed E-state index contributed by atoms with van der Waals surface area (Å²) in [6, 6.07) is 11.1. The Morgan fingerprint density at radius 3 is 2.48 bits per heavy atom. The van der Waals surface area contributed by atoms with Crippen molar-refractivity contribution in [1.29, 1.82) is 0 Å². The lowest BCUT2D eigenvalue weighted by Gasteiger charge is -2.30. The van der Waals surface area contributed by atoms with Gasteiger partial charge in [0.15, 0.2) is 0 Å². The van der Waals surface area contributed by atoms with Crippen LogP contribution >= 0.6 is 11.8 Å². The molecule has 3 amide bonds. The van der Waals surface area contributed by atoms with Crippen LogP contribution in [-0.4, -0.2) is 46.4 Å². The number of thioether (sulfide) groups is 1. The zero-order chi connectivity index (χ0) is 20.4. The number of nitrogens with two attached hydrogens (primary N) is 1. The quantitative estimate of drug-likeness (QED) is 0.812. The smallest absolute Gasteiger partial charge is 0.253 e. The predicted octanol–water partition coefficient (Wildman–Crippen LogP) is 2.39. The van der Waals surface area contributed by atoms with Gasteiger partial charge in [0.1, 0.15) is 11.1 Å². The predicted molar refractivity (Wildman–Crippen MR) is 109 cm³/mol. The second-order valence-corrected chi connectivity index (χ2v) is 8.42. The SMILES string of the molecule is NC(=O)C1CCN(C(=O)c2ccc([C@@H]3SCC(=O)N3Cc3ccco3)cc2)CC1. The molecule has 2 saturated heterocycles. The topological polar surface area (TPSA) is 96.8 Å². The van der Waals surface area contributed by atoms with E-state index in [2.05, 4.69) is 0 Å². The maximum Gasteiger partial charge on any atom is 0.253 e. The highest BCUT2D eigenvalue weighted by Gasteiger charge is 2.33. The highest BCUT2D eigenvalue weighted by Crippen LogP contribution is 2.39. The first-order chi connectivity index (χ1) is 14.0. The van der Waals surface area contributed by atoms with Gasteiger partial charge in [-0.2, -0.15) is 0 Å². The standard InChI is InChI=1S/C21H23N3O4S/c22-19(26)14-7-9-23(10-8-14)20(27)15-3-5-16(6-4-15)21-24(18(25)13-29-21)12-17-2-1-11-28-17/h1-6,11,14,21H,7-10,12-13H2,(H2,22,26)/t21-/m0/s1. The van der Waals surface area contributed by atoms with E-state index in [1.54, 1.807) is 27.8 Å². The molecule has 2 aliphatic rings. The lowest BCUT2D eigenvalue weighted by atomic mass is 9.96. The molecule has 2 aromatic rings. The zero-order valence-corrected chi connectivity index (χ0v) is 16.8. The Kier molecular flexibility index (Phi) is 5.62. The molecule has 152 valence electrons. The van der Waals surface area contributed by atoms with E-state index >= 15 is 0 Å². The van der Waals surface area contributed by atoms with Crippen LogP contribution in [-0.2, 0) is 16.1 Å². The molecule has 2 fully saturated rings. The van der Waals surface area contributed by atoms with Gasteiger partial charge in [-0.25, -0.2) is 0 Å². The maximum absolute atomic E-state index is 12.8. The van der Waals surface area contributed by atoms with Gasteiger partial charge in [0.25, 0.3) is 5.91 Å². The molecule has 1 aromatic heterocycles. The van der Waals surface area contributed by atoms with E-state index in [1.807, 2.05) is 36.4 Å². The second kappa shape index (κ2) is 8.32. The number of rotatable bonds is 5. The summed E-state index contributed by atoms with van der Waals surface area (Å²) >= 11 is 1.57. The molecule has 4 rings (SSSR count). The van der Waals surface area contributed by atoms with Crippen LogP contribution in [0.4, 0.5) is 0 Å². The number of primary amides is 1. The van der Waals surface area contributed by atoms with E-state index in [9.17, 15) is 14.4 Å². The first-order valence-corrected chi connectivity index (χ1v) is 10.7. The zero-order valence-electron chi connectivity index (χ0n) is 16.0. The Hall–Kier alpha value is -2.74. The van der Waals surface area contributed by atoms with E-state index < -0.39 is 0 Å². The Balaban J connectivity index is 1.43. The average molecular weight is 413 g/mol. The number of piperidine rings is 1. The summed E-state index contributed by atoms with van der Waals surface area (Å²) in [6.45, 7) is 1.51. The van der Waals surface area contributed by atoms with E-state index in [1.165, 1.54) is 0 Å². The van der Waals surface area contributed by atoms with Gasteiger partial charge in [-0.05, 0) is 42.7 Å². The molecule has 8 heteroatoms. The molecule has 7 nitrogen and oxygen atoms in total. The summed E-state index contributed by atoms with van der Waals surface area (Å²) in [6.07, 6.45) is 2.83. The van der Waals surface area contributed by atoms with E-state index in [0.717, 1.165) is 11.3 Å². The summed E-state index contributed by atoms with van der Waals surface area (Å²) in [5.41, 5.74) is 6.95. The van der Waals surface area contributed by atoms with Crippen molar-refractivity contribution < 1.29 is 18.8 Å². The Bertz CT molecular complexity index is 889. The fraction of sp³-hybridized carbons (Fsp3) is 0.381. The summed E-state index contributed by atoms with van der Waals surface area (Å²) in [5, 5.41) is -0.0944. The number of carbonyl (C=O) groups is 3. The Labute approximate surface area is 173 Å². The molecule has 3 heterocycles. The number of benzene rings is 1. The van der Waals surface area contributed by atoms with Gasteiger partial charge in [-0.3, -0.25) is 14.4 Å². The van der Waals surface area contributed by atoms with Crippen LogP contribution in [0.1, 0.15) is 39.9 Å². The van der Waals surface area contributed by atoms with Crippen molar-refractivity contribution in [2.24, 2.45) is 11.7 Å². The Morgan fingerprint density at radius 2 is 1.86 bits per heavy atom. The van der Waals surface area contributed by atoms with Crippen LogP contribution in [0.3, 0.4) is 0 Å². The number of nitrogens with zero attached hydrogens (tertiary/aromatic N) is 2. The van der Waals surface area contributed by atoms with Gasteiger partial charge in [0.2, 0.25) is 11.8 Å². The minimum Gasteiger partial charge on any atom is -0.467 e. The third-order valence-electron chi connectivity index (χ3n) is 5.50. The summed E-state index contributed by atoms with van der Waals surface area (Å²) < 4.78 is 5.39. The number of carbonyl (C=O) groups excluding carboxylic acids is 3. The highest BCUT2D eigenvalue weighted by molar-refractivity contribution is 8.00. The average Bonchev–Trinajstić information content (AvgIpc) is 3.38. The molecule has 0 bridgehead atoms. The normalized spacial score (nSPS) is 20.3. The number of hydrogen-bond donors (Lipinski definition) is 1. The first kappa shape index (κ1) is 19.6. The molecule has 0 spiro atoms. The number of likely N-dealkylation sites (tertiary alicyclic amines) is 1. The minimum atomic E-state index is -0.288. The van der Waals surface area contributed by atoms with E-state index in [4.69, 9.17) is 10.2 Å². The highest BCUT2D eigenvalue weighted by atomic mass is 32.2. The van der Waals surface area contributed by atoms with Crippen molar-refractivity contribution >= 4 is 29.5 Å². The van der Waals surface area contributed by atoms with Crippen LogP contribution in [0.2, 0.25) is 0 Å². The van der Waals surface area contributed by atoms with Gasteiger partial charge < -0.3 is 20.0 Å². The van der Waals surface area contributed by atoms with Gasteiger partial charge >= 0.3 is 0 Å². The molecule has 0 unspecified atom stereocenters. The van der Waals surface area contributed by atoms with Crippen molar-refractivity contribution in [3.63, 3.8) is 0 Å². The van der Waals surface area contributed by atoms with Crippen LogP contribution in [0, 0.1) is 5.92 Å². The molecule has 29 heavy (non-hydrogen) atoms. The Morgan fingerprint density at radius 1 is 1.14 bits per heavy atom.